The highest BCUT2D eigenvalue weighted by Gasteiger charge is 2.21. The topological polar surface area (TPSA) is 3.24 Å². The Labute approximate surface area is 156 Å². The fourth-order valence-corrected chi connectivity index (χ4v) is 3.86. The molecule has 0 saturated carbocycles. The van der Waals surface area contributed by atoms with Gasteiger partial charge >= 0.3 is 0 Å². The van der Waals surface area contributed by atoms with Crippen molar-refractivity contribution in [2.75, 3.05) is 6.54 Å². The maximum atomic E-state index is 2.59. The minimum absolute atomic E-state index is 0.985. The highest BCUT2D eigenvalue weighted by atomic mass is 15.1. The monoisotopic (exact) mass is 339 g/mol. The molecule has 1 aliphatic rings. The number of hydrogen-bond acceptors (Lipinski definition) is 1. The summed E-state index contributed by atoms with van der Waals surface area (Å²) in [4.78, 5) is 2.59. The zero-order valence-electron chi connectivity index (χ0n) is 15.1. The fourth-order valence-electron chi connectivity index (χ4n) is 3.86. The van der Waals surface area contributed by atoms with Crippen LogP contribution in [0.15, 0.2) is 96.7 Å². The highest BCUT2D eigenvalue weighted by molar-refractivity contribution is 5.82. The van der Waals surface area contributed by atoms with Crippen LogP contribution in [0.3, 0.4) is 0 Å². The Morgan fingerprint density at radius 3 is 1.77 bits per heavy atom. The van der Waals surface area contributed by atoms with E-state index in [0.717, 1.165) is 19.5 Å². The molecule has 26 heavy (non-hydrogen) atoms. The molecular formula is C25H25N. The van der Waals surface area contributed by atoms with Crippen LogP contribution in [0.4, 0.5) is 0 Å². The van der Waals surface area contributed by atoms with Crippen LogP contribution in [-0.4, -0.2) is 11.4 Å². The van der Waals surface area contributed by atoms with E-state index in [9.17, 15) is 0 Å². The maximum absolute atomic E-state index is 2.59. The third kappa shape index (κ3) is 3.72. The molecule has 1 fully saturated rings. The molecule has 0 aliphatic carbocycles. The summed E-state index contributed by atoms with van der Waals surface area (Å²) in [5, 5.41) is 0. The summed E-state index contributed by atoms with van der Waals surface area (Å²) in [6.07, 6.45) is 3.68. The molecule has 3 aromatic carbocycles. The Morgan fingerprint density at radius 2 is 1.19 bits per heavy atom. The molecule has 0 N–H and O–H groups in total. The van der Waals surface area contributed by atoms with Crippen LogP contribution >= 0.6 is 0 Å². The second-order valence-corrected chi connectivity index (χ2v) is 6.92. The first kappa shape index (κ1) is 16.7. The lowest BCUT2D eigenvalue weighted by Crippen LogP contribution is -2.28. The molecule has 0 radical (unpaired) electrons. The predicted octanol–water partition coefficient (Wildman–Crippen LogP) is 6.13. The summed E-state index contributed by atoms with van der Waals surface area (Å²) in [6.45, 7) is 2.12. The summed E-state index contributed by atoms with van der Waals surface area (Å²) < 4.78 is 0. The van der Waals surface area contributed by atoms with Crippen LogP contribution < -0.4 is 0 Å². The molecule has 0 bridgehead atoms. The minimum atomic E-state index is 0.985. The average Bonchev–Trinajstić information content (AvgIpc) is 2.72. The number of nitrogens with zero attached hydrogens (tertiary/aromatic N) is 1. The lowest BCUT2D eigenvalue weighted by atomic mass is 9.91. The van der Waals surface area contributed by atoms with Crippen molar-refractivity contribution in [3.8, 4) is 0 Å². The van der Waals surface area contributed by atoms with Crippen molar-refractivity contribution in [1.29, 1.82) is 0 Å². The molecule has 0 aromatic heterocycles. The third-order valence-corrected chi connectivity index (χ3v) is 5.10. The second kappa shape index (κ2) is 8.05. The van der Waals surface area contributed by atoms with E-state index >= 15 is 0 Å². The maximum Gasteiger partial charge on any atom is 0.0426 e. The molecule has 0 spiro atoms. The Kier molecular flexibility index (Phi) is 5.16. The summed E-state index contributed by atoms with van der Waals surface area (Å²) in [7, 11) is 0. The summed E-state index contributed by atoms with van der Waals surface area (Å²) in [5.74, 6) is 0. The first-order valence-corrected chi connectivity index (χ1v) is 9.55. The van der Waals surface area contributed by atoms with E-state index in [-0.39, 0.29) is 0 Å². The molecule has 0 atom stereocenters. The molecule has 3 aromatic rings. The van der Waals surface area contributed by atoms with Gasteiger partial charge < -0.3 is 4.90 Å². The van der Waals surface area contributed by atoms with Gasteiger partial charge in [-0.3, -0.25) is 0 Å². The lowest BCUT2D eigenvalue weighted by molar-refractivity contribution is 0.285. The minimum Gasteiger partial charge on any atom is -0.370 e. The summed E-state index contributed by atoms with van der Waals surface area (Å²) in [6, 6.07) is 32.6. The first-order valence-electron chi connectivity index (χ1n) is 9.55. The van der Waals surface area contributed by atoms with Crippen LogP contribution in [-0.2, 0) is 6.54 Å². The largest absolute Gasteiger partial charge is 0.370 e. The molecule has 1 heteroatoms. The van der Waals surface area contributed by atoms with E-state index in [4.69, 9.17) is 0 Å². The standard InChI is InChI=1S/C25H25N/c1-4-12-21(13-5-1)20-26-19-11-10-18-24(26)25(22-14-6-2-7-15-22)23-16-8-3-9-17-23/h1-9,12-17H,10-11,18-20H2. The lowest BCUT2D eigenvalue weighted by Gasteiger charge is -2.34. The van der Waals surface area contributed by atoms with E-state index in [1.165, 1.54) is 40.8 Å². The zero-order valence-corrected chi connectivity index (χ0v) is 15.1. The summed E-state index contributed by atoms with van der Waals surface area (Å²) >= 11 is 0. The van der Waals surface area contributed by atoms with Crippen molar-refractivity contribution in [3.05, 3.63) is 113 Å². The fraction of sp³-hybridized carbons (Fsp3) is 0.200. The molecule has 1 heterocycles. The van der Waals surface area contributed by atoms with Gasteiger partial charge in [0.15, 0.2) is 0 Å². The second-order valence-electron chi connectivity index (χ2n) is 6.92. The number of likely N-dealkylation sites (tertiary alicyclic amines) is 1. The third-order valence-electron chi connectivity index (χ3n) is 5.10. The Hall–Kier alpha value is -2.80. The number of rotatable bonds is 4. The molecule has 0 unspecified atom stereocenters. The van der Waals surface area contributed by atoms with Gasteiger partial charge in [-0.05, 0) is 36.0 Å². The number of allylic oxidation sites excluding steroid dienone is 1. The van der Waals surface area contributed by atoms with Crippen molar-refractivity contribution >= 4 is 5.57 Å². The van der Waals surface area contributed by atoms with Crippen LogP contribution in [0.2, 0.25) is 0 Å². The Bertz CT molecular complexity index is 809. The van der Waals surface area contributed by atoms with Gasteiger partial charge in [0.2, 0.25) is 0 Å². The van der Waals surface area contributed by atoms with E-state index in [0.29, 0.717) is 0 Å². The van der Waals surface area contributed by atoms with Gasteiger partial charge in [0.25, 0.3) is 0 Å². The molecule has 130 valence electrons. The SMILES string of the molecule is c1ccc(CN2CCCCC2=C(c2ccccc2)c2ccccc2)cc1. The highest BCUT2D eigenvalue weighted by Crippen LogP contribution is 2.34. The van der Waals surface area contributed by atoms with Gasteiger partial charge in [0, 0.05) is 24.4 Å². The van der Waals surface area contributed by atoms with Gasteiger partial charge in [-0.15, -0.1) is 0 Å². The molecular weight excluding hydrogens is 314 g/mol. The average molecular weight is 339 g/mol. The van der Waals surface area contributed by atoms with Gasteiger partial charge in [0.1, 0.15) is 0 Å². The normalized spacial score (nSPS) is 14.3. The summed E-state index contributed by atoms with van der Waals surface area (Å²) in [5.41, 5.74) is 6.88. The Morgan fingerprint density at radius 1 is 0.654 bits per heavy atom. The van der Waals surface area contributed by atoms with Gasteiger partial charge in [-0.25, -0.2) is 0 Å². The zero-order chi connectivity index (χ0) is 17.6. The quantitative estimate of drug-likeness (QED) is 0.552. The van der Waals surface area contributed by atoms with E-state index in [1.807, 2.05) is 0 Å². The van der Waals surface area contributed by atoms with E-state index < -0.39 is 0 Å². The first-order chi connectivity index (χ1) is 12.9. The van der Waals surface area contributed by atoms with Crippen molar-refractivity contribution in [1.82, 2.24) is 4.90 Å². The van der Waals surface area contributed by atoms with Crippen molar-refractivity contribution in [3.63, 3.8) is 0 Å². The molecule has 1 saturated heterocycles. The molecule has 1 nitrogen and oxygen atoms in total. The van der Waals surface area contributed by atoms with Gasteiger partial charge in [-0.2, -0.15) is 0 Å². The van der Waals surface area contributed by atoms with Gasteiger partial charge in [-0.1, -0.05) is 91.0 Å². The van der Waals surface area contributed by atoms with Crippen LogP contribution in [0, 0.1) is 0 Å². The van der Waals surface area contributed by atoms with Crippen LogP contribution in [0.25, 0.3) is 5.57 Å². The van der Waals surface area contributed by atoms with Crippen molar-refractivity contribution in [2.24, 2.45) is 0 Å². The Balaban J connectivity index is 1.80. The number of benzene rings is 3. The molecule has 1 aliphatic heterocycles. The van der Waals surface area contributed by atoms with Gasteiger partial charge in [0.05, 0.1) is 0 Å². The number of piperidine rings is 1. The molecule has 4 rings (SSSR count). The predicted molar refractivity (Wildman–Crippen MR) is 110 cm³/mol. The van der Waals surface area contributed by atoms with Crippen LogP contribution in [0.1, 0.15) is 36.0 Å². The van der Waals surface area contributed by atoms with Crippen molar-refractivity contribution in [2.45, 2.75) is 25.8 Å². The van der Waals surface area contributed by atoms with Crippen LogP contribution in [0.5, 0.6) is 0 Å². The molecule has 0 amide bonds. The van der Waals surface area contributed by atoms with E-state index in [2.05, 4.69) is 95.9 Å². The smallest absolute Gasteiger partial charge is 0.0426 e. The number of hydrogen-bond donors (Lipinski definition) is 0. The van der Waals surface area contributed by atoms with E-state index in [1.54, 1.807) is 0 Å². The van der Waals surface area contributed by atoms with Crippen molar-refractivity contribution < 1.29 is 0 Å².